The lowest BCUT2D eigenvalue weighted by Gasteiger charge is -2.14. The number of benzene rings is 1. The Balaban J connectivity index is 0.00000324. The topological polar surface area (TPSA) is 98.3 Å². The van der Waals surface area contributed by atoms with Crippen molar-refractivity contribution in [2.24, 2.45) is 5.73 Å². The van der Waals surface area contributed by atoms with Gasteiger partial charge in [-0.3, -0.25) is 14.9 Å². The van der Waals surface area contributed by atoms with Gasteiger partial charge in [-0.05, 0) is 12.1 Å². The van der Waals surface area contributed by atoms with Gasteiger partial charge in [-0.1, -0.05) is 0 Å². The van der Waals surface area contributed by atoms with Gasteiger partial charge in [-0.2, -0.15) is 0 Å². The quantitative estimate of drug-likeness (QED) is 0.632. The molecule has 0 aliphatic heterocycles. The number of carbonyl (C=O) groups excluding carboxylic acids is 1. The van der Waals surface area contributed by atoms with Gasteiger partial charge in [0.1, 0.15) is 0 Å². The van der Waals surface area contributed by atoms with Crippen molar-refractivity contribution in [1.82, 2.24) is 5.32 Å². The highest BCUT2D eigenvalue weighted by Gasteiger charge is 2.27. The highest BCUT2D eigenvalue weighted by atomic mass is 35.5. The number of nitrogens with one attached hydrogen (secondary N) is 1. The largest absolute Gasteiger partial charge is 0.346 e. The van der Waals surface area contributed by atoms with Gasteiger partial charge in [0.15, 0.2) is 0 Å². The molecule has 19 heavy (non-hydrogen) atoms. The van der Waals surface area contributed by atoms with Gasteiger partial charge in [0.2, 0.25) is 0 Å². The molecule has 0 spiro atoms. The van der Waals surface area contributed by atoms with Gasteiger partial charge < -0.3 is 11.1 Å². The Bertz CT molecular complexity index is 454. The molecule has 9 heteroatoms. The van der Waals surface area contributed by atoms with Crippen LogP contribution in [0.2, 0.25) is 0 Å². The Hall–Kier alpha value is -1.80. The van der Waals surface area contributed by atoms with Crippen molar-refractivity contribution in [2.75, 3.05) is 13.1 Å². The van der Waals surface area contributed by atoms with Gasteiger partial charge in [0.25, 0.3) is 17.5 Å². The molecule has 1 amide bonds. The summed E-state index contributed by atoms with van der Waals surface area (Å²) >= 11 is 0. The smallest absolute Gasteiger partial charge is 0.277 e. The molecule has 6 nitrogen and oxygen atoms in total. The average Bonchev–Trinajstić information content (AvgIpc) is 2.36. The van der Waals surface area contributed by atoms with Crippen molar-refractivity contribution in [3.8, 4) is 0 Å². The number of hydrogen-bond acceptors (Lipinski definition) is 4. The molecule has 3 N–H and O–H groups in total. The maximum absolute atomic E-state index is 12.8. The molecule has 0 saturated heterocycles. The van der Waals surface area contributed by atoms with Crippen LogP contribution in [0.25, 0.3) is 0 Å². The average molecular weight is 296 g/mol. The predicted octanol–water partition coefficient (Wildman–Crippen LogP) is 1.34. The molecular formula is C10H12ClF2N3O3. The molecule has 1 rings (SSSR count). The van der Waals surface area contributed by atoms with Crippen LogP contribution in [0, 0.1) is 10.1 Å². The fraction of sp³-hybridized carbons (Fsp3) is 0.300. The molecule has 106 valence electrons. The first-order valence-corrected chi connectivity index (χ1v) is 4.96. The van der Waals surface area contributed by atoms with Gasteiger partial charge in [-0.15, -0.1) is 12.4 Å². The van der Waals surface area contributed by atoms with E-state index in [4.69, 9.17) is 5.73 Å². The lowest BCUT2D eigenvalue weighted by molar-refractivity contribution is -0.384. The van der Waals surface area contributed by atoms with Crippen molar-refractivity contribution in [3.63, 3.8) is 0 Å². The summed E-state index contributed by atoms with van der Waals surface area (Å²) < 4.78 is 25.5. The van der Waals surface area contributed by atoms with Crippen LogP contribution in [0.15, 0.2) is 24.3 Å². The second-order valence-corrected chi connectivity index (χ2v) is 3.55. The fourth-order valence-electron chi connectivity index (χ4n) is 1.12. The normalized spacial score (nSPS) is 10.5. The van der Waals surface area contributed by atoms with E-state index < -0.39 is 29.8 Å². The molecule has 0 unspecified atom stereocenters. The van der Waals surface area contributed by atoms with Gasteiger partial charge in [0.05, 0.1) is 18.0 Å². The summed E-state index contributed by atoms with van der Waals surface area (Å²) in [5.41, 5.74) is 4.69. The van der Waals surface area contributed by atoms with E-state index in [0.29, 0.717) is 0 Å². The number of nitrogens with zero attached hydrogens (tertiary/aromatic N) is 1. The monoisotopic (exact) mass is 295 g/mol. The van der Waals surface area contributed by atoms with E-state index in [1.807, 2.05) is 5.32 Å². The molecule has 0 saturated carbocycles. The number of hydrogen-bond donors (Lipinski definition) is 2. The standard InChI is InChI=1S/C10H11F2N3O3.ClH/c11-10(12,5-13)6-14-9(16)7-1-3-8(4-2-7)15(17)18;/h1-4H,5-6,13H2,(H,14,16);1H. The number of rotatable bonds is 5. The van der Waals surface area contributed by atoms with Crippen molar-refractivity contribution in [2.45, 2.75) is 5.92 Å². The van der Waals surface area contributed by atoms with Crippen molar-refractivity contribution in [3.05, 3.63) is 39.9 Å². The van der Waals surface area contributed by atoms with E-state index in [-0.39, 0.29) is 23.7 Å². The number of non-ortho nitro benzene ring substituents is 1. The van der Waals surface area contributed by atoms with Crippen LogP contribution in [0.3, 0.4) is 0 Å². The van der Waals surface area contributed by atoms with E-state index in [1.165, 1.54) is 12.1 Å². The van der Waals surface area contributed by atoms with E-state index in [9.17, 15) is 23.7 Å². The zero-order valence-corrected chi connectivity index (χ0v) is 10.5. The highest BCUT2D eigenvalue weighted by Crippen LogP contribution is 2.13. The second-order valence-electron chi connectivity index (χ2n) is 3.55. The second kappa shape index (κ2) is 6.95. The maximum Gasteiger partial charge on any atom is 0.277 e. The summed E-state index contributed by atoms with van der Waals surface area (Å²) in [5, 5.41) is 12.4. The molecule has 0 aliphatic rings. The van der Waals surface area contributed by atoms with E-state index in [0.717, 1.165) is 12.1 Å². The summed E-state index contributed by atoms with van der Waals surface area (Å²) in [7, 11) is 0. The Morgan fingerprint density at radius 1 is 1.37 bits per heavy atom. The number of nitro groups is 1. The van der Waals surface area contributed by atoms with Crippen LogP contribution < -0.4 is 11.1 Å². The Labute approximate surface area is 113 Å². The molecule has 1 aromatic carbocycles. The first kappa shape index (κ1) is 17.2. The molecule has 0 heterocycles. The highest BCUT2D eigenvalue weighted by molar-refractivity contribution is 5.94. The molecule has 0 aromatic heterocycles. The van der Waals surface area contributed by atoms with Crippen molar-refractivity contribution in [1.29, 1.82) is 0 Å². The molecule has 0 bridgehead atoms. The lowest BCUT2D eigenvalue weighted by atomic mass is 10.2. The van der Waals surface area contributed by atoms with Crippen LogP contribution in [-0.2, 0) is 0 Å². The summed E-state index contributed by atoms with van der Waals surface area (Å²) in [6.07, 6.45) is 0. The van der Waals surface area contributed by atoms with Gasteiger partial charge in [0, 0.05) is 17.7 Å². The number of nitrogens with two attached hydrogens (primary N) is 1. The van der Waals surface area contributed by atoms with Crippen LogP contribution in [0.1, 0.15) is 10.4 Å². The molecule has 0 atom stereocenters. The maximum atomic E-state index is 12.8. The predicted molar refractivity (Wildman–Crippen MR) is 66.7 cm³/mol. The van der Waals surface area contributed by atoms with Gasteiger partial charge in [-0.25, -0.2) is 8.78 Å². The summed E-state index contributed by atoms with van der Waals surface area (Å²) in [6, 6.07) is 4.62. The number of alkyl halides is 2. The Kier molecular flexibility index (Phi) is 6.30. The Morgan fingerprint density at radius 3 is 2.32 bits per heavy atom. The number of halogens is 3. The third-order valence-electron chi connectivity index (χ3n) is 2.15. The van der Waals surface area contributed by atoms with Crippen molar-refractivity contribution < 1.29 is 18.5 Å². The molecule has 0 fully saturated rings. The SMILES string of the molecule is Cl.NCC(F)(F)CNC(=O)c1ccc([N+](=O)[O-])cc1. The summed E-state index contributed by atoms with van der Waals surface area (Å²) in [5.74, 6) is -3.91. The van der Waals surface area contributed by atoms with Crippen LogP contribution >= 0.6 is 12.4 Å². The number of nitro benzene ring substituents is 1. The molecule has 0 aliphatic carbocycles. The molecule has 0 radical (unpaired) electrons. The van der Waals surface area contributed by atoms with Crippen LogP contribution in [-0.4, -0.2) is 29.8 Å². The molecule has 1 aromatic rings. The zero-order valence-electron chi connectivity index (χ0n) is 9.64. The minimum atomic E-state index is -3.17. The van der Waals surface area contributed by atoms with E-state index >= 15 is 0 Å². The first-order chi connectivity index (χ1) is 8.35. The molecular weight excluding hydrogens is 284 g/mol. The number of carbonyl (C=O) groups is 1. The lowest BCUT2D eigenvalue weighted by Crippen LogP contribution is -2.41. The fourth-order valence-corrected chi connectivity index (χ4v) is 1.12. The minimum Gasteiger partial charge on any atom is -0.346 e. The van der Waals surface area contributed by atoms with Gasteiger partial charge >= 0.3 is 0 Å². The first-order valence-electron chi connectivity index (χ1n) is 4.96. The number of amides is 1. The third-order valence-corrected chi connectivity index (χ3v) is 2.15. The van der Waals surface area contributed by atoms with Crippen molar-refractivity contribution >= 4 is 24.0 Å². The third kappa shape index (κ3) is 5.14. The van der Waals surface area contributed by atoms with Crippen LogP contribution in [0.5, 0.6) is 0 Å². The summed E-state index contributed by atoms with van der Waals surface area (Å²) in [6.45, 7) is -1.74. The van der Waals surface area contributed by atoms with E-state index in [2.05, 4.69) is 0 Å². The van der Waals surface area contributed by atoms with E-state index in [1.54, 1.807) is 0 Å². The van der Waals surface area contributed by atoms with Crippen LogP contribution in [0.4, 0.5) is 14.5 Å². The zero-order chi connectivity index (χ0) is 13.8. The summed E-state index contributed by atoms with van der Waals surface area (Å²) in [4.78, 5) is 21.2. The minimum absolute atomic E-state index is 0. The Morgan fingerprint density at radius 2 is 1.89 bits per heavy atom.